The molecule has 1 amide bonds. The first-order chi connectivity index (χ1) is 13.8. The van der Waals surface area contributed by atoms with E-state index in [1.165, 1.54) is 25.4 Å². The monoisotopic (exact) mass is 400 g/mol. The Balaban J connectivity index is 1.86. The van der Waals surface area contributed by atoms with Crippen LogP contribution in [0, 0.1) is 11.3 Å². The number of methoxy groups -OCH3 is 1. The molecular weight excluding hydrogens is 385 g/mol. The third kappa shape index (κ3) is 4.55. The van der Waals surface area contributed by atoms with Crippen molar-refractivity contribution in [3.8, 4) is 17.5 Å². The first-order valence-corrected chi connectivity index (χ1v) is 8.40. The van der Waals surface area contributed by atoms with Crippen LogP contribution in [0.15, 0.2) is 54.7 Å². The molecule has 0 atom stereocenters. The fourth-order valence-electron chi connectivity index (χ4n) is 2.61. The second-order valence-corrected chi connectivity index (χ2v) is 6.02. The number of anilines is 1. The Morgan fingerprint density at radius 3 is 2.59 bits per heavy atom. The van der Waals surface area contributed by atoms with Crippen molar-refractivity contribution in [2.24, 2.45) is 0 Å². The zero-order valence-electron chi connectivity index (χ0n) is 15.2. The number of halogens is 3. The maximum atomic E-state index is 12.9. The van der Waals surface area contributed by atoms with Crippen LogP contribution in [-0.2, 0) is 12.6 Å². The highest BCUT2D eigenvalue weighted by atomic mass is 19.4. The number of carbonyl (C=O) groups excluding carboxylic acids is 1. The third-order valence-corrected chi connectivity index (χ3v) is 4.05. The molecule has 3 aromatic rings. The number of hydrogen-bond donors (Lipinski definition) is 1. The number of rotatable bonds is 5. The zero-order chi connectivity index (χ0) is 21.0. The lowest BCUT2D eigenvalue weighted by molar-refractivity contribution is -0.137. The van der Waals surface area contributed by atoms with Gasteiger partial charge in [0.15, 0.2) is 11.4 Å². The lowest BCUT2D eigenvalue weighted by Gasteiger charge is -2.08. The highest BCUT2D eigenvalue weighted by Crippen LogP contribution is 2.31. The molecule has 1 heterocycles. The van der Waals surface area contributed by atoms with E-state index in [-0.39, 0.29) is 23.6 Å². The first-order valence-electron chi connectivity index (χ1n) is 8.40. The molecule has 29 heavy (non-hydrogen) atoms. The largest absolute Gasteiger partial charge is 0.493 e. The number of nitrogens with zero attached hydrogens (tertiary/aromatic N) is 3. The summed E-state index contributed by atoms with van der Waals surface area (Å²) in [6.07, 6.45) is -2.91. The standard InChI is InChI=1S/C20H15F3N4O2/c1-29-17-12-27(16-4-2-3-14(11-16)20(21,22)23)26-18(17)19(28)25-15-7-5-13(6-8-15)9-10-24/h2-8,11-12H,9H2,1H3,(H,25,28). The van der Waals surface area contributed by atoms with Gasteiger partial charge in [0.2, 0.25) is 0 Å². The molecule has 0 aliphatic heterocycles. The Kier molecular flexibility index (Phi) is 5.54. The predicted molar refractivity (Wildman–Crippen MR) is 98.8 cm³/mol. The van der Waals surface area contributed by atoms with Crippen molar-refractivity contribution < 1.29 is 22.7 Å². The van der Waals surface area contributed by atoms with Crippen LogP contribution in [-0.4, -0.2) is 22.8 Å². The number of nitriles is 1. The van der Waals surface area contributed by atoms with E-state index in [4.69, 9.17) is 10.00 Å². The van der Waals surface area contributed by atoms with Crippen molar-refractivity contribution in [1.29, 1.82) is 5.26 Å². The average Bonchev–Trinajstić information content (AvgIpc) is 3.14. The number of nitrogens with one attached hydrogen (secondary N) is 1. The van der Waals surface area contributed by atoms with Crippen molar-refractivity contribution in [3.05, 3.63) is 71.5 Å². The SMILES string of the molecule is COc1cn(-c2cccc(C(F)(F)F)c2)nc1C(=O)Nc1ccc(CC#N)cc1. The van der Waals surface area contributed by atoms with E-state index in [0.29, 0.717) is 5.69 Å². The van der Waals surface area contributed by atoms with Crippen LogP contribution in [0.25, 0.3) is 5.69 Å². The Hall–Kier alpha value is -3.80. The molecule has 9 heteroatoms. The third-order valence-electron chi connectivity index (χ3n) is 4.05. The van der Waals surface area contributed by atoms with Crippen molar-refractivity contribution in [1.82, 2.24) is 9.78 Å². The minimum absolute atomic E-state index is 0.0778. The Morgan fingerprint density at radius 1 is 1.24 bits per heavy atom. The van der Waals surface area contributed by atoms with Crippen LogP contribution in [0.5, 0.6) is 5.75 Å². The second-order valence-electron chi connectivity index (χ2n) is 6.02. The van der Waals surface area contributed by atoms with Crippen molar-refractivity contribution >= 4 is 11.6 Å². The van der Waals surface area contributed by atoms with Crippen molar-refractivity contribution in [2.75, 3.05) is 12.4 Å². The van der Waals surface area contributed by atoms with Crippen LogP contribution in [0.4, 0.5) is 18.9 Å². The Labute approximate surface area is 164 Å². The van der Waals surface area contributed by atoms with Gasteiger partial charge in [-0.2, -0.15) is 23.5 Å². The van der Waals surface area contributed by atoms with Gasteiger partial charge in [0, 0.05) is 5.69 Å². The molecule has 6 nitrogen and oxygen atoms in total. The predicted octanol–water partition coefficient (Wildman–Crippen LogP) is 4.22. The molecule has 0 aliphatic rings. The van der Waals surface area contributed by atoms with E-state index in [9.17, 15) is 18.0 Å². The fraction of sp³-hybridized carbons (Fsp3) is 0.150. The molecule has 1 aromatic heterocycles. The van der Waals surface area contributed by atoms with Gasteiger partial charge in [0.1, 0.15) is 0 Å². The van der Waals surface area contributed by atoms with E-state index in [1.54, 1.807) is 24.3 Å². The summed E-state index contributed by atoms with van der Waals surface area (Å²) in [6.45, 7) is 0. The lowest BCUT2D eigenvalue weighted by atomic mass is 10.1. The average molecular weight is 400 g/mol. The van der Waals surface area contributed by atoms with Gasteiger partial charge in [-0.05, 0) is 35.9 Å². The van der Waals surface area contributed by atoms with Gasteiger partial charge >= 0.3 is 6.18 Å². The van der Waals surface area contributed by atoms with Gasteiger partial charge in [0.25, 0.3) is 5.91 Å². The fourth-order valence-corrected chi connectivity index (χ4v) is 2.61. The highest BCUT2D eigenvalue weighted by Gasteiger charge is 2.30. The summed E-state index contributed by atoms with van der Waals surface area (Å²) >= 11 is 0. The van der Waals surface area contributed by atoms with E-state index >= 15 is 0 Å². The molecule has 0 fully saturated rings. The number of carbonyl (C=O) groups is 1. The molecule has 0 radical (unpaired) electrons. The van der Waals surface area contributed by atoms with Gasteiger partial charge in [-0.1, -0.05) is 18.2 Å². The van der Waals surface area contributed by atoms with E-state index in [0.717, 1.165) is 22.4 Å². The van der Waals surface area contributed by atoms with Gasteiger partial charge < -0.3 is 10.1 Å². The molecule has 148 valence electrons. The van der Waals surface area contributed by atoms with Crippen molar-refractivity contribution in [2.45, 2.75) is 12.6 Å². The zero-order valence-corrected chi connectivity index (χ0v) is 15.2. The number of benzene rings is 2. The summed E-state index contributed by atoms with van der Waals surface area (Å²) in [5.74, 6) is -0.471. The second kappa shape index (κ2) is 8.06. The lowest BCUT2D eigenvalue weighted by Crippen LogP contribution is -2.14. The number of hydrogen-bond acceptors (Lipinski definition) is 4. The minimum Gasteiger partial charge on any atom is -0.493 e. The van der Waals surface area contributed by atoms with Crippen LogP contribution < -0.4 is 10.1 Å². The summed E-state index contributed by atoms with van der Waals surface area (Å²) in [6, 6.07) is 13.3. The number of ether oxygens (including phenoxy) is 1. The van der Waals surface area contributed by atoms with Gasteiger partial charge in [-0.3, -0.25) is 4.79 Å². The summed E-state index contributed by atoms with van der Waals surface area (Å²) in [5, 5.41) is 15.4. The minimum atomic E-state index is -4.49. The van der Waals surface area contributed by atoms with Crippen LogP contribution in [0.1, 0.15) is 21.6 Å². The summed E-state index contributed by atoms with van der Waals surface area (Å²) in [7, 11) is 1.33. The van der Waals surface area contributed by atoms with E-state index in [2.05, 4.69) is 10.4 Å². The Morgan fingerprint density at radius 2 is 1.97 bits per heavy atom. The molecule has 0 saturated heterocycles. The smallest absolute Gasteiger partial charge is 0.416 e. The summed E-state index contributed by atoms with van der Waals surface area (Å²) in [4.78, 5) is 12.6. The molecule has 3 rings (SSSR count). The highest BCUT2D eigenvalue weighted by molar-refractivity contribution is 6.04. The number of aromatic nitrogens is 2. The van der Waals surface area contributed by atoms with E-state index in [1.807, 2.05) is 6.07 Å². The molecular formula is C20H15F3N4O2. The first kappa shape index (κ1) is 19.9. The molecule has 1 N–H and O–H groups in total. The topological polar surface area (TPSA) is 79.9 Å². The molecule has 0 aliphatic carbocycles. The van der Waals surface area contributed by atoms with Gasteiger partial charge in [-0.25, -0.2) is 4.68 Å². The molecule has 0 spiro atoms. The van der Waals surface area contributed by atoms with Crippen LogP contribution in [0.2, 0.25) is 0 Å². The van der Waals surface area contributed by atoms with Gasteiger partial charge in [-0.15, -0.1) is 0 Å². The molecule has 0 unspecified atom stereocenters. The van der Waals surface area contributed by atoms with Crippen molar-refractivity contribution in [3.63, 3.8) is 0 Å². The van der Waals surface area contributed by atoms with Gasteiger partial charge in [0.05, 0.1) is 37.0 Å². The quantitative estimate of drug-likeness (QED) is 0.696. The maximum Gasteiger partial charge on any atom is 0.416 e. The number of alkyl halides is 3. The maximum absolute atomic E-state index is 12.9. The summed E-state index contributed by atoms with van der Waals surface area (Å²) in [5.41, 5.74) is 0.515. The van der Waals surface area contributed by atoms with Crippen LogP contribution in [0.3, 0.4) is 0 Å². The number of amides is 1. The molecule has 2 aromatic carbocycles. The van der Waals surface area contributed by atoms with E-state index < -0.39 is 17.6 Å². The summed E-state index contributed by atoms with van der Waals surface area (Å²) < 4.78 is 45.1. The molecule has 0 saturated carbocycles. The van der Waals surface area contributed by atoms with Crippen LogP contribution >= 0.6 is 0 Å². The molecule has 0 bridgehead atoms. The Bertz CT molecular complexity index is 1070. The normalized spacial score (nSPS) is 11.0.